The fourth-order valence-electron chi connectivity index (χ4n) is 3.57. The lowest BCUT2D eigenvalue weighted by molar-refractivity contribution is -0.119. The van der Waals surface area contributed by atoms with E-state index in [-0.39, 0.29) is 21.0 Å². The standard InChI is InChI=1S/C27H30ClNO5S/c1-18-7-11-21(12-8-18)35(31,32)29(20-10-14-25(33-6)23(28)16-20)26(30)17-34-24-13-9-19(2)15-22(24)27(3,4)5/h7-16H,17H2,1-6H3. The molecule has 0 saturated heterocycles. The maximum absolute atomic E-state index is 13.6. The molecule has 0 saturated carbocycles. The fraction of sp³-hybridized carbons (Fsp3) is 0.296. The molecule has 3 aromatic rings. The Morgan fingerprint density at radius 2 is 1.51 bits per heavy atom. The minimum absolute atomic E-state index is 0.0193. The molecule has 0 aromatic heterocycles. The molecule has 0 bridgehead atoms. The Morgan fingerprint density at radius 1 is 0.914 bits per heavy atom. The number of amides is 1. The van der Waals surface area contributed by atoms with Gasteiger partial charge < -0.3 is 9.47 Å². The van der Waals surface area contributed by atoms with E-state index in [1.54, 1.807) is 18.2 Å². The van der Waals surface area contributed by atoms with Crippen LogP contribution in [0, 0.1) is 13.8 Å². The molecule has 0 atom stereocenters. The van der Waals surface area contributed by atoms with E-state index in [0.29, 0.717) is 11.5 Å². The Bertz CT molecular complexity index is 1330. The largest absolute Gasteiger partial charge is 0.495 e. The van der Waals surface area contributed by atoms with Gasteiger partial charge in [0.2, 0.25) is 0 Å². The van der Waals surface area contributed by atoms with Gasteiger partial charge in [0.1, 0.15) is 11.5 Å². The molecule has 0 unspecified atom stereocenters. The Morgan fingerprint density at radius 3 is 2.09 bits per heavy atom. The van der Waals surface area contributed by atoms with Crippen molar-refractivity contribution in [1.29, 1.82) is 0 Å². The van der Waals surface area contributed by atoms with E-state index >= 15 is 0 Å². The first-order valence-corrected chi connectivity index (χ1v) is 12.9. The topological polar surface area (TPSA) is 72.9 Å². The number of carbonyl (C=O) groups is 1. The summed E-state index contributed by atoms with van der Waals surface area (Å²) in [5, 5.41) is 0.177. The molecule has 0 N–H and O–H groups in total. The molecule has 186 valence electrons. The molecule has 0 aliphatic rings. The number of carbonyl (C=O) groups excluding carboxylic acids is 1. The van der Waals surface area contributed by atoms with Gasteiger partial charge in [0.25, 0.3) is 15.9 Å². The Hall–Kier alpha value is -3.03. The van der Waals surface area contributed by atoms with Crippen LogP contribution in [-0.2, 0) is 20.2 Å². The number of aryl methyl sites for hydroxylation is 2. The predicted molar refractivity (Wildman–Crippen MR) is 139 cm³/mol. The van der Waals surface area contributed by atoms with Gasteiger partial charge in [-0.15, -0.1) is 0 Å². The predicted octanol–water partition coefficient (Wildman–Crippen LogP) is 6.06. The van der Waals surface area contributed by atoms with Crippen LogP contribution >= 0.6 is 11.6 Å². The zero-order valence-corrected chi connectivity index (χ0v) is 22.3. The van der Waals surface area contributed by atoms with Gasteiger partial charge in [-0.3, -0.25) is 4.79 Å². The van der Waals surface area contributed by atoms with Crippen molar-refractivity contribution in [2.24, 2.45) is 0 Å². The SMILES string of the molecule is COc1ccc(N(C(=O)COc2ccc(C)cc2C(C)(C)C)S(=O)(=O)c2ccc(C)cc2)cc1Cl. The second-order valence-electron chi connectivity index (χ2n) is 9.33. The summed E-state index contributed by atoms with van der Waals surface area (Å²) in [6.07, 6.45) is 0. The van der Waals surface area contributed by atoms with Crippen molar-refractivity contribution in [1.82, 2.24) is 0 Å². The Labute approximate surface area is 212 Å². The number of rotatable bonds is 7. The lowest BCUT2D eigenvalue weighted by Gasteiger charge is -2.25. The molecule has 1 amide bonds. The minimum Gasteiger partial charge on any atom is -0.495 e. The van der Waals surface area contributed by atoms with Gasteiger partial charge in [0, 0.05) is 0 Å². The van der Waals surface area contributed by atoms with Crippen molar-refractivity contribution in [3.05, 3.63) is 82.4 Å². The van der Waals surface area contributed by atoms with E-state index in [9.17, 15) is 13.2 Å². The highest BCUT2D eigenvalue weighted by atomic mass is 35.5. The molecule has 0 aliphatic heterocycles. The van der Waals surface area contributed by atoms with Crippen LogP contribution in [-0.4, -0.2) is 28.0 Å². The maximum atomic E-state index is 13.6. The van der Waals surface area contributed by atoms with E-state index in [0.717, 1.165) is 21.0 Å². The zero-order chi connectivity index (χ0) is 26.0. The van der Waals surface area contributed by atoms with Crippen LogP contribution in [0.2, 0.25) is 5.02 Å². The molecule has 35 heavy (non-hydrogen) atoms. The highest BCUT2D eigenvalue weighted by Crippen LogP contribution is 2.34. The summed E-state index contributed by atoms with van der Waals surface area (Å²) in [4.78, 5) is 13.4. The molecule has 0 aliphatic carbocycles. The van der Waals surface area contributed by atoms with Crippen molar-refractivity contribution in [3.8, 4) is 11.5 Å². The van der Waals surface area contributed by atoms with Crippen LogP contribution in [0.3, 0.4) is 0 Å². The number of methoxy groups -OCH3 is 1. The van der Waals surface area contributed by atoms with Gasteiger partial charge in [-0.05, 0) is 61.2 Å². The van der Waals surface area contributed by atoms with Gasteiger partial charge in [-0.2, -0.15) is 4.31 Å². The van der Waals surface area contributed by atoms with Gasteiger partial charge >= 0.3 is 0 Å². The number of hydrogen-bond acceptors (Lipinski definition) is 5. The number of nitrogens with zero attached hydrogens (tertiary/aromatic N) is 1. The van der Waals surface area contributed by atoms with Gasteiger partial charge in [0.15, 0.2) is 6.61 Å². The summed E-state index contributed by atoms with van der Waals surface area (Å²) >= 11 is 6.26. The van der Waals surface area contributed by atoms with Crippen LogP contribution in [0.1, 0.15) is 37.5 Å². The molecular weight excluding hydrogens is 486 g/mol. The van der Waals surface area contributed by atoms with Crippen LogP contribution in [0.4, 0.5) is 5.69 Å². The molecule has 0 heterocycles. The van der Waals surface area contributed by atoms with Gasteiger partial charge in [-0.1, -0.05) is 67.8 Å². The first kappa shape index (κ1) is 26.6. The highest BCUT2D eigenvalue weighted by molar-refractivity contribution is 7.93. The number of hydrogen-bond donors (Lipinski definition) is 0. The van der Waals surface area contributed by atoms with Crippen molar-refractivity contribution < 1.29 is 22.7 Å². The third-order valence-electron chi connectivity index (χ3n) is 5.45. The van der Waals surface area contributed by atoms with Crippen LogP contribution in [0.5, 0.6) is 11.5 Å². The third kappa shape index (κ3) is 5.97. The summed E-state index contributed by atoms with van der Waals surface area (Å²) in [5.74, 6) is 0.130. The first-order valence-electron chi connectivity index (χ1n) is 11.1. The van der Waals surface area contributed by atoms with Crippen molar-refractivity contribution >= 4 is 33.2 Å². The molecule has 0 radical (unpaired) electrons. The van der Waals surface area contributed by atoms with Crippen molar-refractivity contribution in [2.75, 3.05) is 18.0 Å². The van der Waals surface area contributed by atoms with E-state index in [1.165, 1.54) is 37.4 Å². The van der Waals surface area contributed by atoms with Crippen LogP contribution in [0.15, 0.2) is 65.6 Å². The summed E-state index contributed by atoms with van der Waals surface area (Å²) in [7, 11) is -2.80. The van der Waals surface area contributed by atoms with Crippen molar-refractivity contribution in [2.45, 2.75) is 44.9 Å². The van der Waals surface area contributed by atoms with Crippen LogP contribution in [0.25, 0.3) is 0 Å². The monoisotopic (exact) mass is 515 g/mol. The fourth-order valence-corrected chi connectivity index (χ4v) is 5.22. The number of benzene rings is 3. The highest BCUT2D eigenvalue weighted by Gasteiger charge is 2.32. The summed E-state index contributed by atoms with van der Waals surface area (Å²) < 4.78 is 39.0. The molecule has 0 fully saturated rings. The normalized spacial score (nSPS) is 11.7. The molecule has 3 aromatic carbocycles. The number of halogens is 1. The minimum atomic E-state index is -4.25. The number of anilines is 1. The van der Waals surface area contributed by atoms with Crippen molar-refractivity contribution in [3.63, 3.8) is 0 Å². The summed E-state index contributed by atoms with van der Waals surface area (Å²) in [5.41, 5.74) is 2.73. The average Bonchev–Trinajstić information content (AvgIpc) is 2.78. The molecular formula is C27H30ClNO5S. The molecule has 8 heteroatoms. The average molecular weight is 516 g/mol. The molecule has 0 spiro atoms. The van der Waals surface area contributed by atoms with E-state index in [2.05, 4.69) is 0 Å². The Kier molecular flexibility index (Phi) is 7.82. The maximum Gasteiger partial charge on any atom is 0.278 e. The summed E-state index contributed by atoms with van der Waals surface area (Å²) in [6.45, 7) is 9.48. The third-order valence-corrected chi connectivity index (χ3v) is 7.51. The van der Waals surface area contributed by atoms with Gasteiger partial charge in [0.05, 0.1) is 22.7 Å². The molecule has 3 rings (SSSR count). The Balaban J connectivity index is 2.02. The van der Waals surface area contributed by atoms with E-state index in [1.807, 2.05) is 46.8 Å². The van der Waals surface area contributed by atoms with E-state index < -0.39 is 22.5 Å². The zero-order valence-electron chi connectivity index (χ0n) is 20.8. The van der Waals surface area contributed by atoms with E-state index in [4.69, 9.17) is 21.1 Å². The van der Waals surface area contributed by atoms with Gasteiger partial charge in [-0.25, -0.2) is 8.42 Å². The molecule has 6 nitrogen and oxygen atoms in total. The lowest BCUT2D eigenvalue weighted by atomic mass is 9.85. The number of sulfonamides is 1. The lowest BCUT2D eigenvalue weighted by Crippen LogP contribution is -2.40. The smallest absolute Gasteiger partial charge is 0.278 e. The second-order valence-corrected chi connectivity index (χ2v) is 11.5. The quantitative estimate of drug-likeness (QED) is 0.382. The second kappa shape index (κ2) is 10.3. The van der Waals surface area contributed by atoms with Crippen LogP contribution < -0.4 is 13.8 Å². The first-order chi connectivity index (χ1) is 16.3. The summed E-state index contributed by atoms with van der Waals surface area (Å²) in [6, 6.07) is 16.3. The number of ether oxygens (including phenoxy) is 2.